The van der Waals surface area contributed by atoms with E-state index >= 15 is 0 Å². The van der Waals surface area contributed by atoms with Gasteiger partial charge in [-0.15, -0.1) is 0 Å². The Morgan fingerprint density at radius 1 is 1.21 bits per heavy atom. The zero-order valence-corrected chi connectivity index (χ0v) is 11.5. The first-order chi connectivity index (χ1) is 8.97. The highest BCUT2D eigenvalue weighted by Gasteiger charge is 2.35. The minimum Gasteiger partial charge on any atom is -0.311 e. The topological polar surface area (TPSA) is 56.1 Å². The number of rotatable bonds is 3. The molecule has 0 N–H and O–H groups in total. The Labute approximate surface area is 111 Å². The van der Waals surface area contributed by atoms with Gasteiger partial charge in [-0.3, -0.25) is 4.79 Å². The minimum atomic E-state index is -3.00. The zero-order chi connectivity index (χ0) is 13.6. The monoisotopic (exact) mass is 277 g/mol. The number of hydrogen-bond donors (Lipinski definition) is 0. The summed E-state index contributed by atoms with van der Waals surface area (Å²) in [6.45, 7) is 0. The van der Waals surface area contributed by atoms with Crippen molar-refractivity contribution in [2.75, 3.05) is 0 Å². The van der Waals surface area contributed by atoms with Crippen molar-refractivity contribution < 1.29 is 8.42 Å². The van der Waals surface area contributed by atoms with E-state index in [1.807, 2.05) is 12.1 Å². The molecule has 0 saturated heterocycles. The van der Waals surface area contributed by atoms with Gasteiger partial charge < -0.3 is 4.57 Å². The molecule has 1 fully saturated rings. The van der Waals surface area contributed by atoms with Crippen LogP contribution in [-0.2, 0) is 22.6 Å². The predicted octanol–water partition coefficient (Wildman–Crippen LogP) is 1.62. The molecule has 0 atom stereocenters. The SMILES string of the molecule is Cn1c(=O)ccc2cc(CS(=O)(=O)C3CC3)ccc21. The highest BCUT2D eigenvalue weighted by molar-refractivity contribution is 7.91. The number of fused-ring (bicyclic) bond motifs is 1. The molecule has 0 aliphatic heterocycles. The molecule has 3 rings (SSSR count). The molecule has 1 aromatic heterocycles. The molecule has 19 heavy (non-hydrogen) atoms. The fourth-order valence-corrected chi connectivity index (χ4v) is 4.04. The molecule has 1 saturated carbocycles. The van der Waals surface area contributed by atoms with Gasteiger partial charge in [0, 0.05) is 13.1 Å². The van der Waals surface area contributed by atoms with Gasteiger partial charge in [0.05, 0.1) is 16.5 Å². The summed E-state index contributed by atoms with van der Waals surface area (Å²) in [6, 6.07) is 8.71. The van der Waals surface area contributed by atoms with Crippen LogP contribution in [-0.4, -0.2) is 18.2 Å². The van der Waals surface area contributed by atoms with Crippen molar-refractivity contribution in [3.05, 3.63) is 46.2 Å². The quantitative estimate of drug-likeness (QED) is 0.856. The molecule has 0 amide bonds. The van der Waals surface area contributed by atoms with Crippen LogP contribution < -0.4 is 5.56 Å². The lowest BCUT2D eigenvalue weighted by Gasteiger charge is -2.07. The number of aryl methyl sites for hydroxylation is 1. The Bertz CT molecular complexity index is 801. The van der Waals surface area contributed by atoms with E-state index in [1.165, 1.54) is 6.07 Å². The number of nitrogens with zero attached hydrogens (tertiary/aromatic N) is 1. The predicted molar refractivity (Wildman–Crippen MR) is 74.8 cm³/mol. The Kier molecular flexibility index (Phi) is 2.74. The third-order valence-corrected chi connectivity index (χ3v) is 5.81. The summed E-state index contributed by atoms with van der Waals surface area (Å²) >= 11 is 0. The summed E-state index contributed by atoms with van der Waals surface area (Å²) in [5.74, 6) is 0.0937. The Morgan fingerprint density at radius 3 is 2.63 bits per heavy atom. The molecule has 0 radical (unpaired) electrons. The van der Waals surface area contributed by atoms with Crippen LogP contribution in [0.25, 0.3) is 10.9 Å². The van der Waals surface area contributed by atoms with Crippen molar-refractivity contribution in [2.45, 2.75) is 23.8 Å². The van der Waals surface area contributed by atoms with Gasteiger partial charge in [-0.25, -0.2) is 8.42 Å². The first kappa shape index (κ1) is 12.4. The van der Waals surface area contributed by atoms with Gasteiger partial charge in [0.1, 0.15) is 0 Å². The first-order valence-corrected chi connectivity index (χ1v) is 7.99. The second kappa shape index (κ2) is 4.20. The summed E-state index contributed by atoms with van der Waals surface area (Å²) in [5, 5.41) is 0.758. The summed E-state index contributed by atoms with van der Waals surface area (Å²) in [4.78, 5) is 11.5. The van der Waals surface area contributed by atoms with Crippen LogP contribution in [0, 0.1) is 0 Å². The van der Waals surface area contributed by atoms with Gasteiger partial charge in [0.15, 0.2) is 9.84 Å². The average molecular weight is 277 g/mol. The molecule has 0 unspecified atom stereocenters. The van der Waals surface area contributed by atoms with Crippen LogP contribution >= 0.6 is 0 Å². The number of hydrogen-bond acceptors (Lipinski definition) is 3. The molecule has 1 heterocycles. The number of pyridine rings is 1. The fourth-order valence-electron chi connectivity index (χ4n) is 2.30. The minimum absolute atomic E-state index is 0.0640. The van der Waals surface area contributed by atoms with Gasteiger partial charge in [0.25, 0.3) is 5.56 Å². The maximum Gasteiger partial charge on any atom is 0.250 e. The Morgan fingerprint density at radius 2 is 1.95 bits per heavy atom. The number of benzene rings is 1. The largest absolute Gasteiger partial charge is 0.311 e. The van der Waals surface area contributed by atoms with Crippen LogP contribution in [0.15, 0.2) is 35.1 Å². The molecular weight excluding hydrogens is 262 g/mol. The number of aromatic nitrogens is 1. The van der Waals surface area contributed by atoms with Crippen LogP contribution in [0.3, 0.4) is 0 Å². The van der Waals surface area contributed by atoms with Crippen LogP contribution in [0.2, 0.25) is 0 Å². The lowest BCUT2D eigenvalue weighted by molar-refractivity contribution is 0.594. The molecule has 1 aromatic carbocycles. The van der Waals surface area contributed by atoms with E-state index in [0.717, 1.165) is 29.3 Å². The van der Waals surface area contributed by atoms with Crippen molar-refractivity contribution in [2.24, 2.45) is 7.05 Å². The van der Waals surface area contributed by atoms with E-state index in [1.54, 1.807) is 23.7 Å². The molecule has 0 spiro atoms. The lowest BCUT2D eigenvalue weighted by atomic mass is 10.1. The van der Waals surface area contributed by atoms with Gasteiger partial charge in [0.2, 0.25) is 0 Å². The smallest absolute Gasteiger partial charge is 0.250 e. The third kappa shape index (κ3) is 2.30. The van der Waals surface area contributed by atoms with Crippen LogP contribution in [0.5, 0.6) is 0 Å². The average Bonchev–Trinajstić information content (AvgIpc) is 3.18. The van der Waals surface area contributed by atoms with Gasteiger partial charge in [-0.05, 0) is 42.0 Å². The molecular formula is C14H15NO3S. The summed E-state index contributed by atoms with van der Waals surface area (Å²) in [7, 11) is -1.28. The standard InChI is InChI=1S/C14H15NO3S/c1-15-13-6-2-10(8-11(13)3-7-14(15)16)9-19(17,18)12-4-5-12/h2-3,6-8,12H,4-5,9H2,1H3. The van der Waals surface area contributed by atoms with Crippen LogP contribution in [0.1, 0.15) is 18.4 Å². The highest BCUT2D eigenvalue weighted by Crippen LogP contribution is 2.31. The third-order valence-electron chi connectivity index (χ3n) is 3.59. The highest BCUT2D eigenvalue weighted by atomic mass is 32.2. The summed E-state index contributed by atoms with van der Waals surface area (Å²) in [6.07, 6.45) is 1.59. The van der Waals surface area contributed by atoms with Crippen LogP contribution in [0.4, 0.5) is 0 Å². The molecule has 5 heteroatoms. The maximum atomic E-state index is 12.0. The van der Waals surface area contributed by atoms with E-state index < -0.39 is 9.84 Å². The van der Waals surface area contributed by atoms with Crippen molar-refractivity contribution in [1.29, 1.82) is 0 Å². The van der Waals surface area contributed by atoms with Crippen molar-refractivity contribution in [3.63, 3.8) is 0 Å². The molecule has 100 valence electrons. The van der Waals surface area contributed by atoms with Gasteiger partial charge in [-0.2, -0.15) is 0 Å². The number of sulfone groups is 1. The van der Waals surface area contributed by atoms with Gasteiger partial charge in [-0.1, -0.05) is 6.07 Å². The van der Waals surface area contributed by atoms with E-state index in [9.17, 15) is 13.2 Å². The first-order valence-electron chi connectivity index (χ1n) is 6.28. The molecule has 2 aromatic rings. The second-order valence-electron chi connectivity index (χ2n) is 5.13. The summed E-state index contributed by atoms with van der Waals surface area (Å²) in [5.41, 5.74) is 1.55. The molecule has 0 bridgehead atoms. The second-order valence-corrected chi connectivity index (χ2v) is 7.41. The van der Waals surface area contributed by atoms with E-state index in [-0.39, 0.29) is 16.6 Å². The molecule has 1 aliphatic rings. The van der Waals surface area contributed by atoms with E-state index in [4.69, 9.17) is 0 Å². The van der Waals surface area contributed by atoms with E-state index in [0.29, 0.717) is 0 Å². The molecule has 4 nitrogen and oxygen atoms in total. The zero-order valence-electron chi connectivity index (χ0n) is 10.7. The van der Waals surface area contributed by atoms with E-state index in [2.05, 4.69) is 0 Å². The Balaban J connectivity index is 2.03. The summed E-state index contributed by atoms with van der Waals surface area (Å²) < 4.78 is 25.5. The Hall–Kier alpha value is -1.62. The maximum absolute atomic E-state index is 12.0. The normalized spacial score (nSPS) is 15.8. The fraction of sp³-hybridized carbons (Fsp3) is 0.357. The van der Waals surface area contributed by atoms with Gasteiger partial charge >= 0.3 is 0 Å². The van der Waals surface area contributed by atoms with Crippen molar-refractivity contribution >= 4 is 20.7 Å². The van der Waals surface area contributed by atoms with Crippen molar-refractivity contribution in [3.8, 4) is 0 Å². The lowest BCUT2D eigenvalue weighted by Crippen LogP contribution is -2.15. The molecule has 1 aliphatic carbocycles. The van der Waals surface area contributed by atoms with Crippen molar-refractivity contribution in [1.82, 2.24) is 4.57 Å².